The maximum absolute atomic E-state index is 11.5. The van der Waals surface area contributed by atoms with Crippen molar-refractivity contribution in [1.29, 1.82) is 0 Å². The molecule has 1 aromatic rings. The lowest BCUT2D eigenvalue weighted by atomic mass is 10.0. The van der Waals surface area contributed by atoms with Crippen molar-refractivity contribution >= 4 is 18.4 Å². The van der Waals surface area contributed by atoms with Gasteiger partial charge in [-0.15, -0.1) is 12.4 Å². The van der Waals surface area contributed by atoms with Crippen LogP contribution in [0.3, 0.4) is 0 Å². The van der Waals surface area contributed by atoms with Crippen LogP contribution in [-0.4, -0.2) is 24.1 Å². The van der Waals surface area contributed by atoms with Gasteiger partial charge in [-0.1, -0.05) is 0 Å². The van der Waals surface area contributed by atoms with Gasteiger partial charge in [0.1, 0.15) is 0 Å². The minimum atomic E-state index is -0.286. The molecule has 0 bridgehead atoms. The Morgan fingerprint density at radius 1 is 1.62 bits per heavy atom. The Morgan fingerprint density at radius 2 is 2.44 bits per heavy atom. The zero-order valence-electron chi connectivity index (χ0n) is 9.16. The zero-order valence-corrected chi connectivity index (χ0v) is 9.97. The maximum Gasteiger partial charge on any atom is 0.339 e. The maximum atomic E-state index is 11.5. The lowest BCUT2D eigenvalue weighted by Crippen LogP contribution is -2.25. The van der Waals surface area contributed by atoms with Gasteiger partial charge >= 0.3 is 5.97 Å². The number of carbonyl (C=O) groups is 1. The minimum Gasteiger partial charge on any atom is -0.462 e. The zero-order chi connectivity index (χ0) is 10.7. The van der Waals surface area contributed by atoms with Crippen LogP contribution in [0.5, 0.6) is 0 Å². The molecule has 0 radical (unpaired) electrons. The highest BCUT2D eigenvalue weighted by Crippen LogP contribution is 2.13. The summed E-state index contributed by atoms with van der Waals surface area (Å²) in [5, 5.41) is 3.24. The largest absolute Gasteiger partial charge is 0.462 e. The lowest BCUT2D eigenvalue weighted by molar-refractivity contribution is 0.0525. The Morgan fingerprint density at radius 3 is 3.19 bits per heavy atom. The summed E-state index contributed by atoms with van der Waals surface area (Å²) in [6, 6.07) is 1.89. The normalized spacial score (nSPS) is 13.6. The van der Waals surface area contributed by atoms with Crippen LogP contribution >= 0.6 is 12.4 Å². The van der Waals surface area contributed by atoms with Crippen LogP contribution in [0.2, 0.25) is 0 Å². The van der Waals surface area contributed by atoms with Crippen LogP contribution < -0.4 is 5.32 Å². The van der Waals surface area contributed by atoms with Crippen LogP contribution in [0.25, 0.3) is 0 Å². The van der Waals surface area contributed by atoms with Gasteiger partial charge in [0.2, 0.25) is 0 Å². The quantitative estimate of drug-likeness (QED) is 0.795. The van der Waals surface area contributed by atoms with E-state index in [0.29, 0.717) is 12.2 Å². The summed E-state index contributed by atoms with van der Waals surface area (Å²) in [5.41, 5.74) is 2.74. The van der Waals surface area contributed by atoms with E-state index in [1.165, 1.54) is 0 Å². The fourth-order valence-corrected chi connectivity index (χ4v) is 1.67. The first-order valence-corrected chi connectivity index (χ1v) is 5.17. The third-order valence-electron chi connectivity index (χ3n) is 2.43. The smallest absolute Gasteiger partial charge is 0.339 e. The van der Waals surface area contributed by atoms with Crippen LogP contribution in [0.4, 0.5) is 0 Å². The first-order valence-electron chi connectivity index (χ1n) is 5.17. The fourth-order valence-electron chi connectivity index (χ4n) is 1.67. The number of carbonyl (C=O) groups excluding carboxylic acids is 1. The number of nitrogens with zero attached hydrogens (tertiary/aromatic N) is 1. The van der Waals surface area contributed by atoms with E-state index in [-0.39, 0.29) is 18.4 Å². The second-order valence-corrected chi connectivity index (χ2v) is 3.48. The van der Waals surface area contributed by atoms with Gasteiger partial charge < -0.3 is 10.1 Å². The highest BCUT2D eigenvalue weighted by molar-refractivity contribution is 5.89. The molecule has 4 nitrogen and oxygen atoms in total. The van der Waals surface area contributed by atoms with Crippen molar-refractivity contribution in [2.45, 2.75) is 19.9 Å². The summed E-state index contributed by atoms with van der Waals surface area (Å²) < 4.78 is 4.92. The van der Waals surface area contributed by atoms with Crippen LogP contribution in [-0.2, 0) is 17.7 Å². The molecule has 0 fully saturated rings. The molecule has 0 amide bonds. The Hall–Kier alpha value is -1.13. The average molecular weight is 243 g/mol. The predicted octanol–water partition coefficient (Wildman–Crippen LogP) is 1.33. The van der Waals surface area contributed by atoms with Gasteiger partial charge in [-0.2, -0.15) is 0 Å². The van der Waals surface area contributed by atoms with Crippen molar-refractivity contribution in [2.24, 2.45) is 0 Å². The lowest BCUT2D eigenvalue weighted by Gasteiger charge is -2.16. The summed E-state index contributed by atoms with van der Waals surface area (Å²) in [6.45, 7) is 3.94. The van der Waals surface area contributed by atoms with Crippen LogP contribution in [0.1, 0.15) is 28.5 Å². The molecule has 0 spiro atoms. The molecule has 1 N–H and O–H groups in total. The monoisotopic (exact) mass is 242 g/mol. The van der Waals surface area contributed by atoms with E-state index in [4.69, 9.17) is 4.74 Å². The van der Waals surface area contributed by atoms with Crippen molar-refractivity contribution in [3.8, 4) is 0 Å². The van der Waals surface area contributed by atoms with Crippen molar-refractivity contribution in [2.75, 3.05) is 13.2 Å². The van der Waals surface area contributed by atoms with Crippen molar-refractivity contribution in [3.05, 3.63) is 29.1 Å². The highest BCUT2D eigenvalue weighted by atomic mass is 35.5. The molecule has 1 aromatic heterocycles. The molecule has 0 saturated heterocycles. The molecule has 0 aliphatic carbocycles. The fraction of sp³-hybridized carbons (Fsp3) is 0.455. The summed E-state index contributed by atoms with van der Waals surface area (Å²) in [6.07, 6.45) is 2.51. The van der Waals surface area contributed by atoms with Crippen molar-refractivity contribution < 1.29 is 9.53 Å². The SMILES string of the molecule is CCOC(=O)c1cnc2c(c1)CCNC2.Cl. The second-order valence-electron chi connectivity index (χ2n) is 3.48. The van der Waals surface area contributed by atoms with E-state index >= 15 is 0 Å². The van der Waals surface area contributed by atoms with E-state index in [0.717, 1.165) is 30.8 Å². The number of hydrogen-bond donors (Lipinski definition) is 1. The Bertz CT molecular complexity index is 382. The molecule has 2 heterocycles. The van der Waals surface area contributed by atoms with E-state index in [1.807, 2.05) is 6.07 Å². The van der Waals surface area contributed by atoms with Gasteiger partial charge in [-0.3, -0.25) is 4.98 Å². The van der Waals surface area contributed by atoms with Crippen LogP contribution in [0, 0.1) is 0 Å². The van der Waals surface area contributed by atoms with E-state index < -0.39 is 0 Å². The van der Waals surface area contributed by atoms with Gasteiger partial charge in [0.15, 0.2) is 0 Å². The highest BCUT2D eigenvalue weighted by Gasteiger charge is 2.13. The third-order valence-corrected chi connectivity index (χ3v) is 2.43. The predicted molar refractivity (Wildman–Crippen MR) is 62.9 cm³/mol. The first kappa shape index (κ1) is 12.9. The molecule has 2 rings (SSSR count). The number of rotatable bonds is 2. The summed E-state index contributed by atoms with van der Waals surface area (Å²) in [7, 11) is 0. The van der Waals surface area contributed by atoms with E-state index in [1.54, 1.807) is 13.1 Å². The molecule has 16 heavy (non-hydrogen) atoms. The summed E-state index contributed by atoms with van der Waals surface area (Å²) in [5.74, 6) is -0.286. The van der Waals surface area contributed by atoms with E-state index in [2.05, 4.69) is 10.3 Å². The molecule has 0 unspecified atom stereocenters. The molecule has 0 saturated carbocycles. The van der Waals surface area contributed by atoms with Crippen LogP contribution in [0.15, 0.2) is 12.3 Å². The van der Waals surface area contributed by atoms with Gasteiger partial charge in [0, 0.05) is 12.7 Å². The summed E-state index contributed by atoms with van der Waals surface area (Å²) >= 11 is 0. The van der Waals surface area contributed by atoms with Gasteiger partial charge in [0.05, 0.1) is 17.9 Å². The number of hydrogen-bond acceptors (Lipinski definition) is 4. The molecule has 0 atom stereocenters. The number of ether oxygens (including phenoxy) is 1. The molecule has 0 aromatic carbocycles. The van der Waals surface area contributed by atoms with E-state index in [9.17, 15) is 4.79 Å². The topological polar surface area (TPSA) is 51.2 Å². The number of fused-ring (bicyclic) bond motifs is 1. The molecule has 88 valence electrons. The standard InChI is InChI=1S/C11H14N2O2.ClH/c1-2-15-11(14)9-5-8-3-4-12-7-10(8)13-6-9;/h5-6,12H,2-4,7H2,1H3;1H. The second kappa shape index (κ2) is 5.82. The Balaban J connectivity index is 0.00000128. The third kappa shape index (κ3) is 2.71. The Labute approximate surface area is 101 Å². The van der Waals surface area contributed by atoms with Gasteiger partial charge in [0.25, 0.3) is 0 Å². The Kier molecular flexibility index (Phi) is 4.71. The number of halogens is 1. The summed E-state index contributed by atoms with van der Waals surface area (Å²) in [4.78, 5) is 15.7. The minimum absolute atomic E-state index is 0. The molecule has 1 aliphatic heterocycles. The number of esters is 1. The first-order chi connectivity index (χ1) is 7.31. The average Bonchev–Trinajstić information content (AvgIpc) is 2.29. The van der Waals surface area contributed by atoms with Gasteiger partial charge in [-0.05, 0) is 31.5 Å². The van der Waals surface area contributed by atoms with Crippen molar-refractivity contribution in [3.63, 3.8) is 0 Å². The molecular weight excluding hydrogens is 228 g/mol. The number of pyridine rings is 1. The molecule has 1 aliphatic rings. The number of aromatic nitrogens is 1. The number of nitrogens with one attached hydrogen (secondary N) is 1. The van der Waals surface area contributed by atoms with Gasteiger partial charge in [-0.25, -0.2) is 4.79 Å². The molecule has 5 heteroatoms. The molecular formula is C11H15ClN2O2. The van der Waals surface area contributed by atoms with Crippen molar-refractivity contribution in [1.82, 2.24) is 10.3 Å².